The maximum Gasteiger partial charge on any atom is 2.00 e. The Morgan fingerprint density at radius 3 is 1.20 bits per heavy atom. The monoisotopic (exact) mass is 550 g/mol. The normalized spacial score (nSPS) is 11.1. The number of unbranched alkanes of at least 4 members (excludes halogenated alkanes) is 4. The van der Waals surface area contributed by atoms with Crippen LogP contribution in [-0.4, -0.2) is 39.2 Å². The molecule has 25 heavy (non-hydrogen) atoms. The van der Waals surface area contributed by atoms with Crippen LogP contribution in [0.1, 0.15) is 106 Å². The fourth-order valence-corrected chi connectivity index (χ4v) is 2.20. The molecule has 0 unspecified atom stereocenters. The van der Waals surface area contributed by atoms with Gasteiger partial charge in [0, 0.05) is 11.9 Å². The predicted octanol–water partition coefficient (Wildman–Crippen LogP) is 3.09. The summed E-state index contributed by atoms with van der Waals surface area (Å²) >= 11 is 0. The number of aliphatic carboxylic acids is 2. The number of carbonyl (C=O) groups is 2. The molecule has 0 amide bonds. The van der Waals surface area contributed by atoms with Gasteiger partial charge in [-0.05, 0) is 49.4 Å². The zero-order valence-electron chi connectivity index (χ0n) is 17.2. The van der Waals surface area contributed by atoms with Crippen molar-refractivity contribution in [2.24, 2.45) is 10.8 Å². The molecule has 0 rings (SSSR count). The summed E-state index contributed by atoms with van der Waals surface area (Å²) in [5.74, 6) is -1.85. The number of carbonyl (C=O) groups excluding carboxylic acids is 2. The van der Waals surface area contributed by atoms with E-state index in [4.69, 9.17) is 0 Å². The van der Waals surface area contributed by atoms with Gasteiger partial charge < -0.3 is 19.8 Å². The molecule has 2 radical (unpaired) electrons. The third-order valence-corrected chi connectivity index (χ3v) is 3.62. The van der Waals surface area contributed by atoms with Crippen LogP contribution >= 0.6 is 0 Å². The third kappa shape index (κ3) is 35.7. The Labute approximate surface area is 175 Å². The standard InChI is InChI=1S/C11H22O2.C9H18O2.Pb/c1-11(2,3)9-7-5-4-6-8-10(12)13;1-9(2,3)7-5-4-6-8(10)11;/h4-9H2,1-3H3,(H,12,13);4-7H2,1-3H3,(H,10,11);/q;;+2/p-2. The minimum Gasteiger partial charge on any atom is -0.550 e. The first kappa shape index (κ1) is 29.6. The van der Waals surface area contributed by atoms with Gasteiger partial charge in [0.05, 0.1) is 0 Å². The summed E-state index contributed by atoms with van der Waals surface area (Å²) in [5.41, 5.74) is 0.736. The van der Waals surface area contributed by atoms with Gasteiger partial charge in [0.25, 0.3) is 0 Å². The fraction of sp³-hybridized carbons (Fsp3) is 0.900. The van der Waals surface area contributed by atoms with Gasteiger partial charge in [-0.25, -0.2) is 0 Å². The van der Waals surface area contributed by atoms with E-state index in [1.54, 1.807) is 0 Å². The summed E-state index contributed by atoms with van der Waals surface area (Å²) < 4.78 is 0. The molecule has 0 saturated carbocycles. The minimum absolute atomic E-state index is 0. The molecule has 0 aromatic heterocycles. The molecule has 4 nitrogen and oxygen atoms in total. The van der Waals surface area contributed by atoms with Gasteiger partial charge in [-0.15, -0.1) is 0 Å². The van der Waals surface area contributed by atoms with Crippen molar-refractivity contribution in [1.82, 2.24) is 0 Å². The molecular weight excluding hydrogens is 511 g/mol. The average molecular weight is 550 g/mol. The quantitative estimate of drug-likeness (QED) is 0.310. The summed E-state index contributed by atoms with van der Waals surface area (Å²) in [5, 5.41) is 20.1. The van der Waals surface area contributed by atoms with Gasteiger partial charge in [-0.1, -0.05) is 67.2 Å². The van der Waals surface area contributed by atoms with Gasteiger partial charge in [0.1, 0.15) is 0 Å². The van der Waals surface area contributed by atoms with Crippen LogP contribution in [0.15, 0.2) is 0 Å². The summed E-state index contributed by atoms with van der Waals surface area (Å²) in [4.78, 5) is 20.1. The molecule has 0 atom stereocenters. The van der Waals surface area contributed by atoms with Crippen LogP contribution in [0.4, 0.5) is 0 Å². The van der Waals surface area contributed by atoms with E-state index in [0.29, 0.717) is 10.8 Å². The molecule has 0 N–H and O–H groups in total. The van der Waals surface area contributed by atoms with Crippen LogP contribution in [0.5, 0.6) is 0 Å². The number of carboxylic acids is 2. The van der Waals surface area contributed by atoms with E-state index >= 15 is 0 Å². The fourth-order valence-electron chi connectivity index (χ4n) is 2.20. The van der Waals surface area contributed by atoms with Gasteiger partial charge >= 0.3 is 27.3 Å². The van der Waals surface area contributed by atoms with E-state index in [1.807, 2.05) is 0 Å². The Bertz CT molecular complexity index is 341. The Balaban J connectivity index is -0.000000377. The average Bonchev–Trinajstić information content (AvgIpc) is 2.37. The molecule has 0 spiro atoms. The topological polar surface area (TPSA) is 80.3 Å². The minimum atomic E-state index is -0.932. The van der Waals surface area contributed by atoms with Crippen LogP contribution < -0.4 is 10.2 Å². The summed E-state index contributed by atoms with van der Waals surface area (Å²) in [6.07, 6.45) is 8.60. The van der Waals surface area contributed by atoms with Crippen molar-refractivity contribution in [2.75, 3.05) is 0 Å². The number of hydrogen-bond acceptors (Lipinski definition) is 4. The zero-order valence-corrected chi connectivity index (χ0v) is 21.1. The Hall–Kier alpha value is -0.138. The van der Waals surface area contributed by atoms with Crippen LogP contribution in [-0.2, 0) is 9.59 Å². The van der Waals surface area contributed by atoms with Crippen molar-refractivity contribution in [2.45, 2.75) is 106 Å². The molecule has 0 heterocycles. The molecular formula is C20H38O4Pb. The SMILES string of the molecule is CC(C)(C)CCCCC(=O)[O-].CC(C)(C)CCCCCCC(=O)[O-].[Pb+2]. The molecule has 0 bridgehead atoms. The van der Waals surface area contributed by atoms with E-state index in [2.05, 4.69) is 41.5 Å². The molecule has 0 aliphatic rings. The molecule has 0 fully saturated rings. The van der Waals surface area contributed by atoms with E-state index < -0.39 is 11.9 Å². The maximum absolute atomic E-state index is 10.1. The maximum atomic E-state index is 10.1. The molecule has 146 valence electrons. The van der Waals surface area contributed by atoms with E-state index in [9.17, 15) is 19.8 Å². The van der Waals surface area contributed by atoms with Crippen LogP contribution in [0, 0.1) is 10.8 Å². The van der Waals surface area contributed by atoms with Crippen molar-refractivity contribution in [3.8, 4) is 0 Å². The van der Waals surface area contributed by atoms with Crippen molar-refractivity contribution < 1.29 is 19.8 Å². The summed E-state index contributed by atoms with van der Waals surface area (Å²) in [7, 11) is 0. The van der Waals surface area contributed by atoms with E-state index in [0.717, 1.165) is 38.5 Å². The van der Waals surface area contributed by atoms with Gasteiger partial charge in [0.2, 0.25) is 0 Å². The Kier molecular flexibility index (Phi) is 19.0. The first-order valence-electron chi connectivity index (χ1n) is 9.23. The van der Waals surface area contributed by atoms with Crippen LogP contribution in [0.25, 0.3) is 0 Å². The van der Waals surface area contributed by atoms with Crippen LogP contribution in [0.2, 0.25) is 0 Å². The van der Waals surface area contributed by atoms with Gasteiger partial charge in [-0.3, -0.25) is 0 Å². The molecule has 0 aromatic carbocycles. The molecule has 0 saturated heterocycles. The number of hydrogen-bond donors (Lipinski definition) is 0. The second kappa shape index (κ2) is 16.1. The van der Waals surface area contributed by atoms with E-state index in [1.165, 1.54) is 12.8 Å². The number of rotatable bonds is 10. The van der Waals surface area contributed by atoms with Crippen molar-refractivity contribution in [1.29, 1.82) is 0 Å². The second-order valence-electron chi connectivity index (χ2n) is 8.99. The smallest absolute Gasteiger partial charge is 0.550 e. The molecule has 0 aliphatic carbocycles. The molecule has 5 heteroatoms. The predicted molar refractivity (Wildman–Crippen MR) is 101 cm³/mol. The van der Waals surface area contributed by atoms with Crippen molar-refractivity contribution in [3.63, 3.8) is 0 Å². The summed E-state index contributed by atoms with van der Waals surface area (Å²) in [6, 6.07) is 0. The van der Waals surface area contributed by atoms with Crippen LogP contribution in [0.3, 0.4) is 0 Å². The first-order chi connectivity index (χ1) is 10.8. The first-order valence-corrected chi connectivity index (χ1v) is 9.23. The van der Waals surface area contributed by atoms with Gasteiger partial charge in [-0.2, -0.15) is 0 Å². The van der Waals surface area contributed by atoms with Gasteiger partial charge in [0.15, 0.2) is 0 Å². The summed E-state index contributed by atoms with van der Waals surface area (Å²) in [6.45, 7) is 13.2. The van der Waals surface area contributed by atoms with Crippen molar-refractivity contribution >= 4 is 39.2 Å². The zero-order chi connectivity index (χ0) is 19.2. The Morgan fingerprint density at radius 2 is 0.880 bits per heavy atom. The van der Waals surface area contributed by atoms with E-state index in [-0.39, 0.29) is 40.1 Å². The Morgan fingerprint density at radius 1 is 0.600 bits per heavy atom. The second-order valence-corrected chi connectivity index (χ2v) is 8.99. The third-order valence-electron chi connectivity index (χ3n) is 3.62. The van der Waals surface area contributed by atoms with Crippen molar-refractivity contribution in [3.05, 3.63) is 0 Å². The number of carboxylic acid groups (broad SMARTS) is 2. The molecule has 0 aliphatic heterocycles. The largest absolute Gasteiger partial charge is 2.00 e. The molecule has 0 aromatic rings.